The van der Waals surface area contributed by atoms with Gasteiger partial charge in [0, 0.05) is 0 Å². The third-order valence-corrected chi connectivity index (χ3v) is 2.79. The van der Waals surface area contributed by atoms with E-state index in [1.807, 2.05) is 11.8 Å². The zero-order valence-corrected chi connectivity index (χ0v) is 7.00. The Morgan fingerprint density at radius 3 is 2.89 bits per heavy atom. The maximum Gasteiger partial charge on any atom is -0.0140 e. The molecule has 0 aromatic rings. The molecule has 0 radical (unpaired) electrons. The minimum Gasteiger partial charge on any atom is -0.134 e. The number of hydrogen-bond acceptors (Lipinski definition) is 1. The Morgan fingerprint density at radius 2 is 2.44 bits per heavy atom. The molecule has 1 unspecified atom stereocenters. The first kappa shape index (κ1) is 7.20. The molecule has 0 bridgehead atoms. The van der Waals surface area contributed by atoms with Gasteiger partial charge >= 0.3 is 0 Å². The first-order valence-corrected chi connectivity index (χ1v) is 4.78. The lowest BCUT2D eigenvalue weighted by molar-refractivity contribution is 0.524. The Morgan fingerprint density at radius 1 is 1.67 bits per heavy atom. The zero-order valence-electron chi connectivity index (χ0n) is 6.18. The molecule has 0 heterocycles. The summed E-state index contributed by atoms with van der Waals surface area (Å²) in [5.74, 6) is 0.931. The van der Waals surface area contributed by atoms with E-state index in [1.54, 1.807) is 4.91 Å². The third-order valence-electron chi connectivity index (χ3n) is 1.89. The Labute approximate surface area is 61.7 Å². The van der Waals surface area contributed by atoms with E-state index in [4.69, 9.17) is 0 Å². The molecule has 0 aromatic heterocycles. The van der Waals surface area contributed by atoms with Gasteiger partial charge in [-0.2, -0.15) is 0 Å². The van der Waals surface area contributed by atoms with Gasteiger partial charge in [0.1, 0.15) is 0 Å². The van der Waals surface area contributed by atoms with Gasteiger partial charge in [0.25, 0.3) is 0 Å². The Bertz CT molecular complexity index is 116. The van der Waals surface area contributed by atoms with E-state index >= 15 is 0 Å². The average Bonchev–Trinajstić information content (AvgIpc) is 1.90. The molecule has 1 rings (SSSR count). The first-order valence-electron chi connectivity index (χ1n) is 3.56. The largest absolute Gasteiger partial charge is 0.134 e. The third kappa shape index (κ3) is 2.05. The van der Waals surface area contributed by atoms with Crippen LogP contribution in [0.15, 0.2) is 11.0 Å². The van der Waals surface area contributed by atoms with Gasteiger partial charge in [-0.05, 0) is 36.3 Å². The fraction of sp³-hybridized carbons (Fsp3) is 0.750. The lowest BCUT2D eigenvalue weighted by Gasteiger charge is -2.15. The highest BCUT2D eigenvalue weighted by Gasteiger charge is 2.07. The zero-order chi connectivity index (χ0) is 6.69. The molecule has 0 amide bonds. The molecule has 0 saturated heterocycles. The minimum atomic E-state index is 0.931. The van der Waals surface area contributed by atoms with Crippen molar-refractivity contribution in [2.24, 2.45) is 5.92 Å². The smallest absolute Gasteiger partial charge is 0.0140 e. The second-order valence-electron chi connectivity index (χ2n) is 2.75. The van der Waals surface area contributed by atoms with Crippen LogP contribution in [0.25, 0.3) is 0 Å². The van der Waals surface area contributed by atoms with E-state index in [-0.39, 0.29) is 0 Å². The summed E-state index contributed by atoms with van der Waals surface area (Å²) in [6, 6.07) is 0. The van der Waals surface area contributed by atoms with E-state index in [9.17, 15) is 0 Å². The lowest BCUT2D eigenvalue weighted by atomic mass is 9.96. The van der Waals surface area contributed by atoms with Gasteiger partial charge in [-0.25, -0.2) is 0 Å². The maximum atomic E-state index is 2.39. The summed E-state index contributed by atoms with van der Waals surface area (Å²) in [6.45, 7) is 2.33. The highest BCUT2D eigenvalue weighted by atomic mass is 32.2. The topological polar surface area (TPSA) is 0 Å². The van der Waals surface area contributed by atoms with Crippen molar-refractivity contribution in [1.82, 2.24) is 0 Å². The molecule has 0 fully saturated rings. The number of thioether (sulfide) groups is 1. The van der Waals surface area contributed by atoms with Gasteiger partial charge in [0.05, 0.1) is 0 Å². The summed E-state index contributed by atoms with van der Waals surface area (Å²) in [7, 11) is 0. The fourth-order valence-electron chi connectivity index (χ4n) is 1.13. The van der Waals surface area contributed by atoms with Crippen molar-refractivity contribution in [1.29, 1.82) is 0 Å². The molecular weight excluding hydrogens is 128 g/mol. The Balaban J connectivity index is 2.40. The highest BCUT2D eigenvalue weighted by Crippen LogP contribution is 2.28. The summed E-state index contributed by atoms with van der Waals surface area (Å²) in [4.78, 5) is 1.59. The monoisotopic (exact) mass is 142 g/mol. The predicted octanol–water partition coefficient (Wildman–Crippen LogP) is 3.05. The standard InChI is InChI=1S/C8H14S/c1-7-3-5-8(9-2)6-4-7/h5,7H,3-4,6H2,1-2H3. The van der Waals surface area contributed by atoms with Gasteiger partial charge in [0.2, 0.25) is 0 Å². The SMILES string of the molecule is CSC1=CCC(C)CC1. The maximum absolute atomic E-state index is 2.39. The van der Waals surface area contributed by atoms with Crippen LogP contribution in [0.2, 0.25) is 0 Å². The van der Waals surface area contributed by atoms with Crippen LogP contribution in [0.1, 0.15) is 26.2 Å². The van der Waals surface area contributed by atoms with Crippen LogP contribution < -0.4 is 0 Å². The van der Waals surface area contributed by atoms with Crippen LogP contribution >= 0.6 is 11.8 Å². The molecule has 1 aliphatic carbocycles. The molecular formula is C8H14S. The van der Waals surface area contributed by atoms with E-state index < -0.39 is 0 Å². The van der Waals surface area contributed by atoms with Crippen LogP contribution in [-0.2, 0) is 0 Å². The molecule has 0 spiro atoms. The highest BCUT2D eigenvalue weighted by molar-refractivity contribution is 8.02. The molecule has 1 atom stereocenters. The summed E-state index contributed by atoms with van der Waals surface area (Å²) >= 11 is 1.91. The van der Waals surface area contributed by atoms with Gasteiger partial charge in [-0.15, -0.1) is 11.8 Å². The number of rotatable bonds is 1. The second-order valence-corrected chi connectivity index (χ2v) is 3.69. The van der Waals surface area contributed by atoms with Crippen LogP contribution in [0, 0.1) is 5.92 Å². The van der Waals surface area contributed by atoms with E-state index in [0.717, 1.165) is 5.92 Å². The minimum absolute atomic E-state index is 0.931. The summed E-state index contributed by atoms with van der Waals surface area (Å²) in [6.07, 6.45) is 8.58. The quantitative estimate of drug-likeness (QED) is 0.542. The van der Waals surface area contributed by atoms with Crippen LogP contribution in [-0.4, -0.2) is 6.26 Å². The van der Waals surface area contributed by atoms with Crippen LogP contribution in [0.4, 0.5) is 0 Å². The summed E-state index contributed by atoms with van der Waals surface area (Å²) in [5, 5.41) is 0. The Kier molecular flexibility index (Phi) is 2.65. The van der Waals surface area contributed by atoms with E-state index in [2.05, 4.69) is 19.3 Å². The molecule has 1 aliphatic rings. The molecule has 0 N–H and O–H groups in total. The van der Waals surface area contributed by atoms with Crippen molar-refractivity contribution in [2.75, 3.05) is 6.26 Å². The van der Waals surface area contributed by atoms with Crippen molar-refractivity contribution >= 4 is 11.8 Å². The molecule has 0 aliphatic heterocycles. The lowest BCUT2D eigenvalue weighted by Crippen LogP contribution is -1.98. The van der Waals surface area contributed by atoms with Gasteiger partial charge in [0.15, 0.2) is 0 Å². The number of hydrogen-bond donors (Lipinski definition) is 0. The van der Waals surface area contributed by atoms with Gasteiger partial charge < -0.3 is 0 Å². The van der Waals surface area contributed by atoms with Crippen molar-refractivity contribution in [3.05, 3.63) is 11.0 Å². The van der Waals surface area contributed by atoms with Crippen molar-refractivity contribution in [3.63, 3.8) is 0 Å². The fourth-order valence-corrected chi connectivity index (χ4v) is 1.71. The normalized spacial score (nSPS) is 27.8. The molecule has 52 valence electrons. The first-order chi connectivity index (χ1) is 4.33. The predicted molar refractivity (Wildman–Crippen MR) is 44.6 cm³/mol. The van der Waals surface area contributed by atoms with Crippen molar-refractivity contribution in [3.8, 4) is 0 Å². The van der Waals surface area contributed by atoms with Gasteiger partial charge in [-0.3, -0.25) is 0 Å². The van der Waals surface area contributed by atoms with E-state index in [1.165, 1.54) is 19.3 Å². The number of allylic oxidation sites excluding steroid dienone is 2. The molecule has 0 saturated carbocycles. The van der Waals surface area contributed by atoms with Crippen LogP contribution in [0.5, 0.6) is 0 Å². The molecule has 9 heavy (non-hydrogen) atoms. The van der Waals surface area contributed by atoms with Crippen molar-refractivity contribution in [2.45, 2.75) is 26.2 Å². The Hall–Kier alpha value is 0.0900. The summed E-state index contributed by atoms with van der Waals surface area (Å²) in [5.41, 5.74) is 0. The molecule has 0 nitrogen and oxygen atoms in total. The van der Waals surface area contributed by atoms with Crippen molar-refractivity contribution < 1.29 is 0 Å². The van der Waals surface area contributed by atoms with Gasteiger partial charge in [-0.1, -0.05) is 13.0 Å². The van der Waals surface area contributed by atoms with E-state index in [0.29, 0.717) is 0 Å². The second kappa shape index (κ2) is 3.31. The average molecular weight is 142 g/mol. The molecule has 1 heteroatoms. The molecule has 0 aromatic carbocycles. The van der Waals surface area contributed by atoms with Crippen LogP contribution in [0.3, 0.4) is 0 Å². The summed E-state index contributed by atoms with van der Waals surface area (Å²) < 4.78 is 0.